The van der Waals surface area contributed by atoms with E-state index >= 15 is 0 Å². The van der Waals surface area contributed by atoms with Crippen LogP contribution in [0.25, 0.3) is 17.2 Å². The third kappa shape index (κ3) is 4.77. The molecule has 3 N–H and O–H groups in total. The Morgan fingerprint density at radius 3 is 2.26 bits per heavy atom. The van der Waals surface area contributed by atoms with Gasteiger partial charge in [-0.25, -0.2) is 24.9 Å². The van der Waals surface area contributed by atoms with E-state index in [1.54, 1.807) is 23.0 Å². The maximum Gasteiger partial charge on any atom is 0.233 e. The molecule has 0 aliphatic carbocycles. The van der Waals surface area contributed by atoms with Gasteiger partial charge in [-0.3, -0.25) is 8.80 Å². The lowest BCUT2D eigenvalue weighted by Crippen LogP contribution is -2.06. The minimum absolute atomic E-state index is 0.325. The number of anilines is 1. The predicted octanol–water partition coefficient (Wildman–Crippen LogP) is 3.35. The normalized spacial score (nSPS) is 11.3. The van der Waals surface area contributed by atoms with Gasteiger partial charge in [0.05, 0.1) is 24.1 Å². The lowest BCUT2D eigenvalue weighted by Gasteiger charge is -2.08. The van der Waals surface area contributed by atoms with Gasteiger partial charge in [0.1, 0.15) is 11.0 Å². The Kier molecular flexibility index (Phi) is 6.25. The molecule has 0 fully saturated rings. The summed E-state index contributed by atoms with van der Waals surface area (Å²) in [6.07, 6.45) is 12.9. The van der Waals surface area contributed by atoms with E-state index in [0.29, 0.717) is 35.7 Å². The quantitative estimate of drug-likeness (QED) is 0.353. The summed E-state index contributed by atoms with van der Waals surface area (Å²) in [5, 5.41) is 8.20. The Morgan fingerprint density at radius 2 is 1.63 bits per heavy atom. The second kappa shape index (κ2) is 9.65. The van der Waals surface area contributed by atoms with E-state index in [-0.39, 0.29) is 0 Å². The molecule has 0 aliphatic rings. The van der Waals surface area contributed by atoms with Crippen LogP contribution in [-0.4, -0.2) is 43.3 Å². The maximum absolute atomic E-state index is 6.18. The van der Waals surface area contributed by atoms with E-state index in [1.165, 1.54) is 0 Å². The molecule has 0 atom stereocenters. The predicted molar refractivity (Wildman–Crippen MR) is 133 cm³/mol. The number of rotatable bonds is 5. The van der Waals surface area contributed by atoms with Crippen molar-refractivity contribution in [2.45, 2.75) is 32.9 Å². The molecule has 178 valence electrons. The van der Waals surface area contributed by atoms with Crippen molar-refractivity contribution >= 4 is 34.6 Å². The van der Waals surface area contributed by atoms with Gasteiger partial charge in [-0.1, -0.05) is 25.4 Å². The van der Waals surface area contributed by atoms with Gasteiger partial charge in [0.15, 0.2) is 5.65 Å². The summed E-state index contributed by atoms with van der Waals surface area (Å²) in [4.78, 5) is 21.3. The van der Waals surface area contributed by atoms with E-state index in [1.807, 2.05) is 51.9 Å². The maximum atomic E-state index is 6.18. The number of fused-ring (bicyclic) bond motifs is 3. The van der Waals surface area contributed by atoms with Crippen LogP contribution in [0.4, 0.5) is 5.82 Å². The van der Waals surface area contributed by atoms with Gasteiger partial charge in [-0.15, -0.1) is 0 Å². The molecule has 0 bridgehead atoms. The SMILES string of the molecule is CC(C)c1cnn2c(NCc3cn4cccnc4n3)cc(Cl)nc12.NCc1cn2cccnc2n1. The van der Waals surface area contributed by atoms with Crippen LogP contribution in [-0.2, 0) is 13.1 Å². The van der Waals surface area contributed by atoms with Crippen molar-refractivity contribution in [2.75, 3.05) is 5.32 Å². The Balaban J connectivity index is 0.000000192. The molecule has 0 aliphatic heterocycles. The van der Waals surface area contributed by atoms with Gasteiger partial charge >= 0.3 is 0 Å². The topological polar surface area (TPSA) is 129 Å². The third-order valence-electron chi connectivity index (χ3n) is 5.32. The van der Waals surface area contributed by atoms with Crippen molar-refractivity contribution in [3.05, 3.63) is 83.7 Å². The van der Waals surface area contributed by atoms with Gasteiger partial charge in [0.25, 0.3) is 0 Å². The van der Waals surface area contributed by atoms with Crippen LogP contribution < -0.4 is 11.1 Å². The Morgan fingerprint density at radius 1 is 0.971 bits per heavy atom. The van der Waals surface area contributed by atoms with Crippen molar-refractivity contribution in [2.24, 2.45) is 5.73 Å². The number of hydrogen-bond donors (Lipinski definition) is 2. The van der Waals surface area contributed by atoms with Crippen molar-refractivity contribution in [3.8, 4) is 0 Å². The highest BCUT2D eigenvalue weighted by molar-refractivity contribution is 6.29. The second-order valence-electron chi connectivity index (χ2n) is 8.13. The summed E-state index contributed by atoms with van der Waals surface area (Å²) in [5.74, 6) is 2.48. The molecule has 0 saturated heterocycles. The molecule has 6 aromatic heterocycles. The summed E-state index contributed by atoms with van der Waals surface area (Å²) in [6, 6.07) is 5.49. The largest absolute Gasteiger partial charge is 0.364 e. The van der Waals surface area contributed by atoms with Gasteiger partial charge in [0.2, 0.25) is 11.6 Å². The summed E-state index contributed by atoms with van der Waals surface area (Å²) < 4.78 is 5.51. The molecule has 11 nitrogen and oxygen atoms in total. The van der Waals surface area contributed by atoms with Crippen LogP contribution >= 0.6 is 11.6 Å². The number of halogens is 1. The molecule has 35 heavy (non-hydrogen) atoms. The summed E-state index contributed by atoms with van der Waals surface area (Å²) in [7, 11) is 0. The fraction of sp³-hybridized carbons (Fsp3) is 0.217. The van der Waals surface area contributed by atoms with Gasteiger partial charge in [-0.05, 0) is 18.1 Å². The lowest BCUT2D eigenvalue weighted by atomic mass is 10.1. The molecule has 0 unspecified atom stereocenters. The minimum Gasteiger partial charge on any atom is -0.364 e. The highest BCUT2D eigenvalue weighted by atomic mass is 35.5. The van der Waals surface area contributed by atoms with Crippen molar-refractivity contribution < 1.29 is 0 Å². The van der Waals surface area contributed by atoms with Crippen LogP contribution in [0.2, 0.25) is 5.15 Å². The zero-order chi connectivity index (χ0) is 24.4. The summed E-state index contributed by atoms with van der Waals surface area (Å²) in [6.45, 7) is 5.21. The number of nitrogens with two attached hydrogens (primary N) is 1. The zero-order valence-electron chi connectivity index (χ0n) is 19.2. The first-order valence-corrected chi connectivity index (χ1v) is 11.4. The molecule has 6 aromatic rings. The Bertz CT molecular complexity index is 1530. The Hall–Kier alpha value is -4.09. The lowest BCUT2D eigenvalue weighted by molar-refractivity contribution is 0.871. The smallest absolute Gasteiger partial charge is 0.233 e. The first-order chi connectivity index (χ1) is 17.0. The molecule has 0 saturated carbocycles. The van der Waals surface area contributed by atoms with E-state index in [4.69, 9.17) is 17.3 Å². The number of nitrogens with zero attached hydrogens (tertiary/aromatic N) is 9. The average Bonchev–Trinajstić information content (AvgIpc) is 3.58. The standard InChI is InChI=1S/C16H16ClN7.C7H8N4/c1-10(2)12-8-20-24-14(6-13(17)22-15(12)24)19-7-11-9-23-5-3-4-18-16(23)21-11;8-4-6-5-11-3-1-2-9-7(11)10-6/h3-6,8-10,19H,7H2,1-2H3;1-3,5H,4,8H2. The molecule has 0 radical (unpaired) electrons. The molecule has 0 amide bonds. The number of hydrogen-bond acceptors (Lipinski definition) is 8. The minimum atomic E-state index is 0.325. The van der Waals surface area contributed by atoms with E-state index in [2.05, 4.69) is 49.2 Å². The molecule has 12 heteroatoms. The van der Waals surface area contributed by atoms with Crippen molar-refractivity contribution in [3.63, 3.8) is 0 Å². The average molecular weight is 490 g/mol. The second-order valence-corrected chi connectivity index (χ2v) is 8.52. The molecule has 6 rings (SSSR count). The fourth-order valence-electron chi connectivity index (χ4n) is 3.61. The van der Waals surface area contributed by atoms with Crippen LogP contribution in [0.5, 0.6) is 0 Å². The van der Waals surface area contributed by atoms with Gasteiger partial charge in [0, 0.05) is 55.4 Å². The highest BCUT2D eigenvalue weighted by Gasteiger charge is 2.13. The molecule has 0 spiro atoms. The fourth-order valence-corrected chi connectivity index (χ4v) is 3.79. The molecule has 6 heterocycles. The number of imidazole rings is 2. The Labute approximate surface area is 205 Å². The van der Waals surface area contributed by atoms with Crippen LogP contribution in [0.3, 0.4) is 0 Å². The van der Waals surface area contributed by atoms with E-state index < -0.39 is 0 Å². The summed E-state index contributed by atoms with van der Waals surface area (Å²) in [5.41, 5.74) is 9.00. The van der Waals surface area contributed by atoms with Crippen LogP contribution in [0, 0.1) is 0 Å². The number of aromatic nitrogens is 9. The first-order valence-electron chi connectivity index (χ1n) is 11.1. The van der Waals surface area contributed by atoms with Gasteiger partial charge < -0.3 is 11.1 Å². The van der Waals surface area contributed by atoms with Crippen molar-refractivity contribution in [1.29, 1.82) is 0 Å². The van der Waals surface area contributed by atoms with E-state index in [0.717, 1.165) is 28.4 Å². The zero-order valence-corrected chi connectivity index (χ0v) is 20.0. The molecular weight excluding hydrogens is 466 g/mol. The monoisotopic (exact) mass is 489 g/mol. The van der Waals surface area contributed by atoms with Gasteiger partial charge in [-0.2, -0.15) is 9.61 Å². The van der Waals surface area contributed by atoms with Crippen LogP contribution in [0.1, 0.15) is 36.7 Å². The van der Waals surface area contributed by atoms with E-state index in [9.17, 15) is 0 Å². The third-order valence-corrected chi connectivity index (χ3v) is 5.51. The highest BCUT2D eigenvalue weighted by Crippen LogP contribution is 2.24. The molecular formula is C23H24ClN11. The van der Waals surface area contributed by atoms with Crippen LogP contribution in [0.15, 0.2) is 61.6 Å². The summed E-state index contributed by atoms with van der Waals surface area (Å²) >= 11 is 6.18. The van der Waals surface area contributed by atoms with Crippen molar-refractivity contribution in [1.82, 2.24) is 43.3 Å². The molecule has 0 aromatic carbocycles. The first kappa shape index (κ1) is 22.7. The number of nitrogens with one attached hydrogen (secondary N) is 1.